The highest BCUT2D eigenvalue weighted by Gasteiger charge is 2.22. The second kappa shape index (κ2) is 7.00. The number of fused-ring (bicyclic) bond motifs is 1. The number of benzene rings is 1. The first-order valence-corrected chi connectivity index (χ1v) is 8.28. The number of imidazole rings is 1. The minimum absolute atomic E-state index is 0.162. The Morgan fingerprint density at radius 3 is 2.78 bits per heavy atom. The third-order valence-electron chi connectivity index (χ3n) is 4.61. The number of aliphatic hydroxyl groups is 1. The van der Waals surface area contributed by atoms with Crippen molar-refractivity contribution in [1.82, 2.24) is 20.6 Å². The number of aliphatic hydroxyl groups excluding tert-OH is 1. The lowest BCUT2D eigenvalue weighted by molar-refractivity contribution is 0.174. The Morgan fingerprint density at radius 2 is 2.09 bits per heavy atom. The summed E-state index contributed by atoms with van der Waals surface area (Å²) in [5, 5.41) is 15.1. The number of rotatable bonds is 4. The van der Waals surface area contributed by atoms with Crippen molar-refractivity contribution in [3.05, 3.63) is 30.1 Å². The lowest BCUT2D eigenvalue weighted by Crippen LogP contribution is -2.44. The quantitative estimate of drug-likeness (QED) is 0.698. The number of amides is 2. The van der Waals surface area contributed by atoms with Crippen LogP contribution in [-0.2, 0) is 0 Å². The van der Waals surface area contributed by atoms with Gasteiger partial charge in [0.1, 0.15) is 5.82 Å². The molecule has 1 aliphatic carbocycles. The zero-order valence-corrected chi connectivity index (χ0v) is 13.4. The highest BCUT2D eigenvalue weighted by Crippen LogP contribution is 2.23. The van der Waals surface area contributed by atoms with Gasteiger partial charge in [-0.1, -0.05) is 12.1 Å². The van der Waals surface area contributed by atoms with E-state index >= 15 is 0 Å². The van der Waals surface area contributed by atoms with Crippen LogP contribution in [0.4, 0.5) is 4.79 Å². The van der Waals surface area contributed by atoms with Gasteiger partial charge in [0.25, 0.3) is 0 Å². The van der Waals surface area contributed by atoms with Crippen molar-refractivity contribution in [2.24, 2.45) is 5.92 Å². The molecule has 1 aromatic heterocycles. The molecule has 6 nitrogen and oxygen atoms in total. The van der Waals surface area contributed by atoms with Gasteiger partial charge in [-0.25, -0.2) is 9.78 Å². The van der Waals surface area contributed by atoms with Crippen molar-refractivity contribution in [2.45, 2.75) is 44.7 Å². The molecule has 124 valence electrons. The maximum atomic E-state index is 12.1. The van der Waals surface area contributed by atoms with E-state index in [1.165, 1.54) is 0 Å². The van der Waals surface area contributed by atoms with Crippen LogP contribution in [0.15, 0.2) is 24.3 Å². The molecule has 3 rings (SSSR count). The number of aromatic amines is 1. The number of H-pyrrole nitrogens is 1. The Hall–Kier alpha value is -2.08. The number of urea groups is 1. The highest BCUT2D eigenvalue weighted by atomic mass is 16.3. The van der Waals surface area contributed by atoms with Crippen LogP contribution < -0.4 is 10.6 Å². The Morgan fingerprint density at radius 1 is 1.35 bits per heavy atom. The lowest BCUT2D eigenvalue weighted by Gasteiger charge is -2.28. The zero-order chi connectivity index (χ0) is 16.2. The third kappa shape index (κ3) is 3.82. The van der Waals surface area contributed by atoms with Gasteiger partial charge in [-0.2, -0.15) is 0 Å². The number of nitrogens with one attached hydrogen (secondary N) is 3. The van der Waals surface area contributed by atoms with Crippen LogP contribution in [0.5, 0.6) is 0 Å². The third-order valence-corrected chi connectivity index (χ3v) is 4.61. The van der Waals surface area contributed by atoms with Crippen LogP contribution in [-0.4, -0.2) is 33.8 Å². The van der Waals surface area contributed by atoms with Crippen molar-refractivity contribution in [3.63, 3.8) is 0 Å². The van der Waals surface area contributed by atoms with Crippen LogP contribution in [0.2, 0.25) is 0 Å². The topological polar surface area (TPSA) is 90.0 Å². The Labute approximate surface area is 135 Å². The lowest BCUT2D eigenvalue weighted by atomic mass is 9.87. The van der Waals surface area contributed by atoms with Crippen LogP contribution in [0.1, 0.15) is 44.5 Å². The minimum atomic E-state index is -0.184. The number of nitrogens with zero attached hydrogens (tertiary/aromatic N) is 1. The summed E-state index contributed by atoms with van der Waals surface area (Å²) >= 11 is 0. The van der Waals surface area contributed by atoms with Gasteiger partial charge in [-0.05, 0) is 50.7 Å². The number of hydrogen-bond acceptors (Lipinski definition) is 3. The van der Waals surface area contributed by atoms with E-state index in [9.17, 15) is 4.79 Å². The summed E-state index contributed by atoms with van der Waals surface area (Å²) in [6.07, 6.45) is 3.80. The summed E-state index contributed by atoms with van der Waals surface area (Å²) in [6, 6.07) is 7.67. The summed E-state index contributed by atoms with van der Waals surface area (Å²) in [5.74, 6) is 1.15. The van der Waals surface area contributed by atoms with Gasteiger partial charge in [0.05, 0.1) is 17.1 Å². The fraction of sp³-hybridized carbons (Fsp3) is 0.529. The maximum absolute atomic E-state index is 12.1. The molecule has 1 fully saturated rings. The molecule has 4 N–H and O–H groups in total. The molecule has 0 aliphatic heterocycles. The molecule has 1 heterocycles. The van der Waals surface area contributed by atoms with Crippen molar-refractivity contribution in [3.8, 4) is 0 Å². The smallest absolute Gasteiger partial charge is 0.315 e. The van der Waals surface area contributed by atoms with Crippen molar-refractivity contribution in [2.75, 3.05) is 6.61 Å². The summed E-state index contributed by atoms with van der Waals surface area (Å²) in [5.41, 5.74) is 1.87. The normalized spacial score (nSPS) is 22.7. The second-order valence-corrected chi connectivity index (χ2v) is 6.38. The SMILES string of the molecule is CC(NC(=O)NC1CCC(CO)CC1)c1nc2ccccc2[nH]1. The molecule has 0 bridgehead atoms. The molecule has 1 aliphatic rings. The van der Waals surface area contributed by atoms with Gasteiger partial charge >= 0.3 is 6.03 Å². The van der Waals surface area contributed by atoms with E-state index < -0.39 is 0 Å². The first kappa shape index (κ1) is 15.8. The van der Waals surface area contributed by atoms with Crippen molar-refractivity contribution in [1.29, 1.82) is 0 Å². The molecule has 1 saturated carbocycles. The Balaban J connectivity index is 1.53. The highest BCUT2D eigenvalue weighted by molar-refractivity contribution is 5.76. The van der Waals surface area contributed by atoms with Gasteiger partial charge < -0.3 is 20.7 Å². The van der Waals surface area contributed by atoms with Gasteiger partial charge in [0.15, 0.2) is 0 Å². The first-order valence-electron chi connectivity index (χ1n) is 8.28. The van der Waals surface area contributed by atoms with Crippen molar-refractivity contribution >= 4 is 17.1 Å². The fourth-order valence-electron chi connectivity index (χ4n) is 3.16. The summed E-state index contributed by atoms with van der Waals surface area (Å²) in [6.45, 7) is 2.17. The molecule has 0 radical (unpaired) electrons. The van der Waals surface area contributed by atoms with E-state index in [2.05, 4.69) is 20.6 Å². The number of carbonyl (C=O) groups is 1. The molecule has 2 amide bonds. The molecule has 1 atom stereocenters. The fourth-order valence-corrected chi connectivity index (χ4v) is 3.16. The molecular weight excluding hydrogens is 292 g/mol. The van der Waals surface area contributed by atoms with E-state index in [1.807, 2.05) is 31.2 Å². The number of para-hydroxylation sites is 2. The average Bonchev–Trinajstić information content (AvgIpc) is 2.99. The minimum Gasteiger partial charge on any atom is -0.396 e. The van der Waals surface area contributed by atoms with Gasteiger partial charge in [-0.3, -0.25) is 0 Å². The number of hydrogen-bond donors (Lipinski definition) is 4. The van der Waals surface area contributed by atoms with Gasteiger partial charge in [-0.15, -0.1) is 0 Å². The van der Waals surface area contributed by atoms with Crippen LogP contribution in [0, 0.1) is 5.92 Å². The van der Waals surface area contributed by atoms with E-state index in [0.717, 1.165) is 42.5 Å². The molecular formula is C17H24N4O2. The molecule has 0 saturated heterocycles. The zero-order valence-electron chi connectivity index (χ0n) is 13.4. The van der Waals surface area contributed by atoms with E-state index in [1.54, 1.807) is 0 Å². The molecule has 0 spiro atoms. The second-order valence-electron chi connectivity index (χ2n) is 6.38. The number of carbonyl (C=O) groups excluding carboxylic acids is 1. The van der Waals surface area contributed by atoms with E-state index in [0.29, 0.717) is 5.92 Å². The van der Waals surface area contributed by atoms with Crippen LogP contribution in [0.3, 0.4) is 0 Å². The van der Waals surface area contributed by atoms with Crippen LogP contribution >= 0.6 is 0 Å². The predicted molar refractivity (Wildman–Crippen MR) is 89.0 cm³/mol. The Kier molecular flexibility index (Phi) is 4.81. The monoisotopic (exact) mass is 316 g/mol. The first-order chi connectivity index (χ1) is 11.2. The standard InChI is InChI=1S/C17H24N4O2/c1-11(16-20-14-4-2-3-5-15(14)21-16)18-17(23)19-13-8-6-12(10-22)7-9-13/h2-5,11-13,22H,6-10H2,1H3,(H,20,21)(H2,18,19,23). The van der Waals surface area contributed by atoms with Crippen LogP contribution in [0.25, 0.3) is 11.0 Å². The molecule has 1 unspecified atom stereocenters. The predicted octanol–water partition coefficient (Wildman–Crippen LogP) is 2.47. The van der Waals surface area contributed by atoms with E-state index in [-0.39, 0.29) is 24.7 Å². The molecule has 23 heavy (non-hydrogen) atoms. The van der Waals surface area contributed by atoms with Gasteiger partial charge in [0, 0.05) is 12.6 Å². The molecule has 6 heteroatoms. The molecule has 1 aromatic carbocycles. The summed E-state index contributed by atoms with van der Waals surface area (Å²) < 4.78 is 0. The Bertz CT molecular complexity index is 628. The number of aromatic nitrogens is 2. The average molecular weight is 316 g/mol. The largest absolute Gasteiger partial charge is 0.396 e. The molecule has 2 aromatic rings. The van der Waals surface area contributed by atoms with Gasteiger partial charge in [0.2, 0.25) is 0 Å². The van der Waals surface area contributed by atoms with Crippen molar-refractivity contribution < 1.29 is 9.90 Å². The van der Waals surface area contributed by atoms with E-state index in [4.69, 9.17) is 5.11 Å². The summed E-state index contributed by atoms with van der Waals surface area (Å²) in [7, 11) is 0. The maximum Gasteiger partial charge on any atom is 0.315 e. The summed E-state index contributed by atoms with van der Waals surface area (Å²) in [4.78, 5) is 19.9.